The van der Waals surface area contributed by atoms with Crippen LogP contribution in [-0.2, 0) is 6.61 Å². The first-order valence-electron chi connectivity index (χ1n) is 5.45. The topological polar surface area (TPSA) is 122 Å². The van der Waals surface area contributed by atoms with Gasteiger partial charge in [-0.3, -0.25) is 20.2 Å². The maximum atomic E-state index is 10.8. The fraction of sp³-hybridized carbons (Fsp3) is 0.182. The summed E-state index contributed by atoms with van der Waals surface area (Å²) < 4.78 is 10.1. The zero-order chi connectivity index (χ0) is 14.7. The fourth-order valence-corrected chi connectivity index (χ4v) is 1.54. The number of benzene rings is 1. The van der Waals surface area contributed by atoms with E-state index in [0.29, 0.717) is 11.5 Å². The van der Waals surface area contributed by atoms with Crippen LogP contribution in [0.25, 0.3) is 0 Å². The molecule has 0 unspecified atom stereocenters. The van der Waals surface area contributed by atoms with Crippen molar-refractivity contribution in [1.29, 1.82) is 0 Å². The Morgan fingerprint density at radius 2 is 1.90 bits per heavy atom. The second-order valence-electron chi connectivity index (χ2n) is 3.88. The Morgan fingerprint density at radius 3 is 2.45 bits per heavy atom. The molecular weight excluding hydrogens is 270 g/mol. The van der Waals surface area contributed by atoms with Crippen molar-refractivity contribution in [3.8, 4) is 5.75 Å². The lowest BCUT2D eigenvalue weighted by molar-refractivity contribution is -0.422. The van der Waals surface area contributed by atoms with Crippen molar-refractivity contribution in [1.82, 2.24) is 5.16 Å². The minimum atomic E-state index is -0.828. The van der Waals surface area contributed by atoms with Crippen molar-refractivity contribution in [3.05, 3.63) is 55.9 Å². The summed E-state index contributed by atoms with van der Waals surface area (Å²) in [5, 5.41) is 25.1. The lowest BCUT2D eigenvalue weighted by Crippen LogP contribution is -1.99. The average molecular weight is 279 g/mol. The molecule has 0 saturated heterocycles. The number of nitro groups is 2. The van der Waals surface area contributed by atoms with Crippen molar-refractivity contribution in [2.45, 2.75) is 13.5 Å². The van der Waals surface area contributed by atoms with Crippen molar-refractivity contribution >= 4 is 11.4 Å². The lowest BCUT2D eigenvalue weighted by Gasteiger charge is -2.03. The zero-order valence-electron chi connectivity index (χ0n) is 10.3. The molecule has 0 saturated carbocycles. The van der Waals surface area contributed by atoms with Crippen LogP contribution >= 0.6 is 0 Å². The third-order valence-electron chi connectivity index (χ3n) is 2.40. The van der Waals surface area contributed by atoms with E-state index in [9.17, 15) is 20.2 Å². The third kappa shape index (κ3) is 2.88. The number of nitro benzene ring substituents is 2. The standard InChI is InChI=1S/C11H9N3O6/c1-7-4-8(12-20-7)6-19-9-2-3-10(13(15)16)11(5-9)14(17)18/h2-5H,6H2,1H3. The van der Waals surface area contributed by atoms with E-state index in [4.69, 9.17) is 9.26 Å². The molecule has 9 nitrogen and oxygen atoms in total. The van der Waals surface area contributed by atoms with Gasteiger partial charge >= 0.3 is 11.4 Å². The van der Waals surface area contributed by atoms with E-state index < -0.39 is 21.2 Å². The quantitative estimate of drug-likeness (QED) is 0.608. The van der Waals surface area contributed by atoms with Crippen LogP contribution in [0.5, 0.6) is 5.75 Å². The Kier molecular flexibility index (Phi) is 3.60. The molecule has 2 rings (SSSR count). The Bertz CT molecular complexity index is 666. The predicted octanol–water partition coefficient (Wildman–Crippen LogP) is 2.38. The van der Waals surface area contributed by atoms with Crippen LogP contribution < -0.4 is 4.74 Å². The fourth-order valence-electron chi connectivity index (χ4n) is 1.54. The molecule has 0 N–H and O–H groups in total. The van der Waals surface area contributed by atoms with Gasteiger partial charge in [0.2, 0.25) is 0 Å². The summed E-state index contributed by atoms with van der Waals surface area (Å²) in [6.45, 7) is 1.76. The molecule has 1 heterocycles. The SMILES string of the molecule is Cc1cc(COc2ccc([N+](=O)[O-])c([N+](=O)[O-])c2)no1. The number of nitrogens with zero attached hydrogens (tertiary/aromatic N) is 3. The highest BCUT2D eigenvalue weighted by molar-refractivity contribution is 5.55. The Labute approximate surface area is 112 Å². The summed E-state index contributed by atoms with van der Waals surface area (Å²) in [4.78, 5) is 19.8. The Morgan fingerprint density at radius 1 is 1.20 bits per heavy atom. The van der Waals surface area contributed by atoms with Crippen molar-refractivity contribution in [2.75, 3.05) is 0 Å². The van der Waals surface area contributed by atoms with Gasteiger partial charge in [0.25, 0.3) is 0 Å². The van der Waals surface area contributed by atoms with Crippen molar-refractivity contribution in [2.24, 2.45) is 0 Å². The molecule has 0 aliphatic rings. The van der Waals surface area contributed by atoms with Crippen molar-refractivity contribution < 1.29 is 19.1 Å². The smallest absolute Gasteiger partial charge is 0.349 e. The maximum absolute atomic E-state index is 10.8. The molecule has 9 heteroatoms. The van der Waals surface area contributed by atoms with E-state index in [1.807, 2.05) is 0 Å². The summed E-state index contributed by atoms with van der Waals surface area (Å²) in [6.07, 6.45) is 0. The molecular formula is C11H9N3O6. The van der Waals surface area contributed by atoms with Gasteiger partial charge in [-0.2, -0.15) is 0 Å². The van der Waals surface area contributed by atoms with Gasteiger partial charge in [0.1, 0.15) is 23.8 Å². The van der Waals surface area contributed by atoms with E-state index in [2.05, 4.69) is 5.16 Å². The lowest BCUT2D eigenvalue weighted by atomic mass is 10.2. The molecule has 0 spiro atoms. The molecule has 0 bridgehead atoms. The molecule has 2 aromatic rings. The summed E-state index contributed by atoms with van der Waals surface area (Å²) in [5.74, 6) is 0.751. The largest absolute Gasteiger partial charge is 0.487 e. The van der Waals surface area contributed by atoms with E-state index in [1.165, 1.54) is 6.07 Å². The molecule has 20 heavy (non-hydrogen) atoms. The first-order chi connectivity index (χ1) is 9.47. The van der Waals surface area contributed by atoms with Gasteiger partial charge in [0, 0.05) is 12.1 Å². The summed E-state index contributed by atoms with van der Waals surface area (Å²) >= 11 is 0. The highest BCUT2D eigenvalue weighted by Crippen LogP contribution is 2.30. The molecule has 1 aromatic carbocycles. The minimum absolute atomic E-state index is 0.0479. The molecule has 0 atom stereocenters. The van der Waals surface area contributed by atoms with Crippen LogP contribution in [0.4, 0.5) is 11.4 Å². The molecule has 1 aromatic heterocycles. The van der Waals surface area contributed by atoms with Gasteiger partial charge in [0.05, 0.1) is 15.9 Å². The van der Waals surface area contributed by atoms with Crippen LogP contribution in [0.15, 0.2) is 28.8 Å². The van der Waals surface area contributed by atoms with E-state index in [0.717, 1.165) is 12.1 Å². The number of ether oxygens (including phenoxy) is 1. The van der Waals surface area contributed by atoms with E-state index in [1.54, 1.807) is 13.0 Å². The molecule has 0 aliphatic carbocycles. The van der Waals surface area contributed by atoms with Crippen LogP contribution in [0.2, 0.25) is 0 Å². The Hall–Kier alpha value is -2.97. The van der Waals surface area contributed by atoms with Crippen LogP contribution in [0.1, 0.15) is 11.5 Å². The highest BCUT2D eigenvalue weighted by atomic mass is 16.6. The zero-order valence-corrected chi connectivity index (χ0v) is 10.3. The number of aromatic nitrogens is 1. The van der Waals surface area contributed by atoms with E-state index >= 15 is 0 Å². The van der Waals surface area contributed by atoms with Crippen molar-refractivity contribution in [3.63, 3.8) is 0 Å². The minimum Gasteiger partial charge on any atom is -0.487 e. The van der Waals surface area contributed by atoms with Gasteiger partial charge in [0.15, 0.2) is 0 Å². The normalized spacial score (nSPS) is 10.2. The monoisotopic (exact) mass is 279 g/mol. The van der Waals surface area contributed by atoms with Crippen LogP contribution in [0.3, 0.4) is 0 Å². The Balaban J connectivity index is 2.18. The van der Waals surface area contributed by atoms with Crippen LogP contribution in [-0.4, -0.2) is 15.0 Å². The maximum Gasteiger partial charge on any atom is 0.349 e. The molecule has 0 amide bonds. The summed E-state index contributed by atoms with van der Waals surface area (Å²) in [5.41, 5.74) is -0.688. The molecule has 0 aliphatic heterocycles. The van der Waals surface area contributed by atoms with Gasteiger partial charge < -0.3 is 9.26 Å². The first kappa shape index (κ1) is 13.5. The number of rotatable bonds is 5. The van der Waals surface area contributed by atoms with Crippen LogP contribution in [0, 0.1) is 27.2 Å². The third-order valence-corrected chi connectivity index (χ3v) is 2.40. The van der Waals surface area contributed by atoms with Gasteiger partial charge in [-0.15, -0.1) is 0 Å². The van der Waals surface area contributed by atoms with Gasteiger partial charge in [-0.25, -0.2) is 0 Å². The number of aryl methyl sites for hydroxylation is 1. The predicted molar refractivity (Wildman–Crippen MR) is 65.3 cm³/mol. The summed E-state index contributed by atoms with van der Waals surface area (Å²) in [6, 6.07) is 4.98. The van der Waals surface area contributed by atoms with E-state index in [-0.39, 0.29) is 12.4 Å². The second kappa shape index (κ2) is 5.34. The molecule has 0 radical (unpaired) electrons. The molecule has 0 fully saturated rings. The van der Waals surface area contributed by atoms with Gasteiger partial charge in [-0.05, 0) is 13.0 Å². The molecule has 104 valence electrons. The highest BCUT2D eigenvalue weighted by Gasteiger charge is 2.24. The number of hydrogen-bond donors (Lipinski definition) is 0. The first-order valence-corrected chi connectivity index (χ1v) is 5.45. The summed E-state index contributed by atoms with van der Waals surface area (Å²) in [7, 11) is 0. The average Bonchev–Trinajstić information content (AvgIpc) is 2.81. The number of hydrogen-bond acceptors (Lipinski definition) is 7. The van der Waals surface area contributed by atoms with Gasteiger partial charge in [-0.1, -0.05) is 5.16 Å². The second-order valence-corrected chi connectivity index (χ2v) is 3.88.